The van der Waals surface area contributed by atoms with Crippen molar-refractivity contribution in [2.75, 3.05) is 12.3 Å². The zero-order chi connectivity index (χ0) is 30.1. The van der Waals surface area contributed by atoms with Gasteiger partial charge in [-0.3, -0.25) is 14.2 Å². The average Bonchev–Trinajstić information content (AvgIpc) is 3.00. The second kappa shape index (κ2) is 14.4. The molecule has 0 radical (unpaired) electrons. The van der Waals surface area contributed by atoms with Crippen LogP contribution in [0.15, 0.2) is 95.8 Å². The summed E-state index contributed by atoms with van der Waals surface area (Å²) in [6, 6.07) is 24.1. The minimum absolute atomic E-state index is 0.00362. The Morgan fingerprint density at radius 2 is 1.62 bits per heavy atom. The van der Waals surface area contributed by atoms with Crippen LogP contribution in [0, 0.1) is 5.82 Å². The minimum atomic E-state index is -0.587. The van der Waals surface area contributed by atoms with Gasteiger partial charge in [0.15, 0.2) is 5.78 Å². The molecule has 42 heavy (non-hydrogen) atoms. The summed E-state index contributed by atoms with van der Waals surface area (Å²) >= 11 is 0. The van der Waals surface area contributed by atoms with E-state index in [2.05, 4.69) is 12.2 Å². The number of rotatable bonds is 13. The Bertz CT molecular complexity index is 1550. The third-order valence-electron chi connectivity index (χ3n) is 7.15. The van der Waals surface area contributed by atoms with Gasteiger partial charge in [0.05, 0.1) is 11.3 Å². The number of halogens is 1. The van der Waals surface area contributed by atoms with Crippen LogP contribution in [-0.4, -0.2) is 29.0 Å². The van der Waals surface area contributed by atoms with E-state index in [0.717, 1.165) is 30.4 Å². The number of carbonyl (C=O) groups excluding carboxylic acids is 2. The Kier molecular flexibility index (Phi) is 10.4. The van der Waals surface area contributed by atoms with Crippen LogP contribution in [0.25, 0.3) is 5.69 Å². The van der Waals surface area contributed by atoms with E-state index in [9.17, 15) is 18.8 Å². The highest BCUT2D eigenvalue weighted by molar-refractivity contribution is 6.11. The van der Waals surface area contributed by atoms with Gasteiger partial charge in [-0.2, -0.15) is 0 Å². The summed E-state index contributed by atoms with van der Waals surface area (Å²) in [4.78, 5) is 38.8. The van der Waals surface area contributed by atoms with E-state index in [-0.39, 0.29) is 34.6 Å². The summed E-state index contributed by atoms with van der Waals surface area (Å²) in [6.45, 7) is 4.61. The van der Waals surface area contributed by atoms with E-state index < -0.39 is 17.6 Å². The number of aromatic nitrogens is 1. The monoisotopic (exact) mass is 569 g/mol. The molecule has 1 unspecified atom stereocenters. The molecule has 3 N–H and O–H groups in total. The molecular weight excluding hydrogens is 533 g/mol. The summed E-state index contributed by atoms with van der Waals surface area (Å²) in [5, 5.41) is 3.35. The van der Waals surface area contributed by atoms with Crippen molar-refractivity contribution < 1.29 is 18.7 Å². The number of carbonyl (C=O) groups is 2. The largest absolute Gasteiger partial charge is 0.461 e. The molecule has 0 saturated carbocycles. The van der Waals surface area contributed by atoms with Gasteiger partial charge in [0.2, 0.25) is 0 Å². The maximum Gasteiger partial charge on any atom is 0.328 e. The zero-order valence-electron chi connectivity index (χ0n) is 23.9. The number of ether oxygens (including phenoxy) is 1. The summed E-state index contributed by atoms with van der Waals surface area (Å²) in [5.74, 6) is -1.14. The lowest BCUT2D eigenvalue weighted by molar-refractivity contribution is -0.152. The van der Waals surface area contributed by atoms with Crippen LogP contribution in [0.4, 0.5) is 10.2 Å². The average molecular weight is 570 g/mol. The molecule has 0 bridgehead atoms. The van der Waals surface area contributed by atoms with Gasteiger partial charge in [-0.15, -0.1) is 0 Å². The van der Waals surface area contributed by atoms with Gasteiger partial charge in [0.1, 0.15) is 23.8 Å². The Morgan fingerprint density at radius 3 is 2.26 bits per heavy atom. The van der Waals surface area contributed by atoms with Gasteiger partial charge in [0, 0.05) is 18.2 Å². The van der Waals surface area contributed by atoms with Crippen molar-refractivity contribution in [2.24, 2.45) is 0 Å². The second-order valence-electron chi connectivity index (χ2n) is 10.1. The molecule has 0 saturated heterocycles. The zero-order valence-corrected chi connectivity index (χ0v) is 23.9. The fourth-order valence-corrected chi connectivity index (χ4v) is 4.82. The van der Waals surface area contributed by atoms with Crippen molar-refractivity contribution in [1.82, 2.24) is 9.88 Å². The standard InChI is InChI=1S/C34H36FN3O4/c1-3-8-28(4-2)42-34(41)31(24-9-6-5-7-10-24)37-22-21-23-11-17-27(18-12-23)38-30(39)20-19-29(33(38)36)32(40)25-13-15-26(35)16-14-25/h5-7,9-20,28,31,37H,3-4,8,21-22,36H2,1-2H3/t28?,31-/m0/s1. The van der Waals surface area contributed by atoms with Crippen molar-refractivity contribution >= 4 is 17.6 Å². The Labute approximate surface area is 245 Å². The number of benzene rings is 3. The number of pyridine rings is 1. The molecule has 3 aromatic carbocycles. The number of nitrogen functional groups attached to an aromatic ring is 1. The summed E-state index contributed by atoms with van der Waals surface area (Å²) in [5.41, 5.74) is 8.67. The van der Waals surface area contributed by atoms with E-state index in [1.807, 2.05) is 49.4 Å². The molecule has 1 heterocycles. The van der Waals surface area contributed by atoms with Crippen LogP contribution in [0.3, 0.4) is 0 Å². The van der Waals surface area contributed by atoms with Crippen molar-refractivity contribution in [3.05, 3.63) is 129 Å². The van der Waals surface area contributed by atoms with Crippen molar-refractivity contribution in [1.29, 1.82) is 0 Å². The van der Waals surface area contributed by atoms with Crippen LogP contribution in [0.1, 0.15) is 66.2 Å². The molecule has 0 spiro atoms. The van der Waals surface area contributed by atoms with Crippen LogP contribution >= 0.6 is 0 Å². The molecule has 0 aliphatic carbocycles. The first-order valence-electron chi connectivity index (χ1n) is 14.2. The first-order valence-corrected chi connectivity index (χ1v) is 14.2. The molecule has 4 rings (SSSR count). The maximum absolute atomic E-state index is 13.3. The van der Waals surface area contributed by atoms with E-state index in [4.69, 9.17) is 10.5 Å². The summed E-state index contributed by atoms with van der Waals surface area (Å²) in [6.07, 6.45) is 3.05. The van der Waals surface area contributed by atoms with Crippen molar-refractivity contribution in [3.63, 3.8) is 0 Å². The van der Waals surface area contributed by atoms with E-state index in [1.165, 1.54) is 41.0 Å². The lowest BCUT2D eigenvalue weighted by Gasteiger charge is -2.22. The lowest BCUT2D eigenvalue weighted by Crippen LogP contribution is -2.33. The highest BCUT2D eigenvalue weighted by Crippen LogP contribution is 2.21. The molecule has 0 amide bonds. The minimum Gasteiger partial charge on any atom is -0.461 e. The summed E-state index contributed by atoms with van der Waals surface area (Å²) in [7, 11) is 0. The Hall–Kier alpha value is -4.56. The van der Waals surface area contributed by atoms with E-state index in [1.54, 1.807) is 12.1 Å². The third-order valence-corrected chi connectivity index (χ3v) is 7.15. The normalized spacial score (nSPS) is 12.5. The molecule has 0 aliphatic rings. The lowest BCUT2D eigenvalue weighted by atomic mass is 10.0. The number of nitrogens with zero attached hydrogens (tertiary/aromatic N) is 1. The molecule has 0 aliphatic heterocycles. The van der Waals surface area contributed by atoms with Crippen LogP contribution in [-0.2, 0) is 16.0 Å². The molecule has 2 atom stereocenters. The SMILES string of the molecule is CCCC(CC)OC(=O)[C@@H](NCCc1ccc(-n2c(N)c(C(=O)c3ccc(F)cc3)ccc2=O)cc1)c1ccccc1. The van der Waals surface area contributed by atoms with Gasteiger partial charge < -0.3 is 15.8 Å². The van der Waals surface area contributed by atoms with Gasteiger partial charge in [0.25, 0.3) is 5.56 Å². The number of esters is 1. The van der Waals surface area contributed by atoms with E-state index in [0.29, 0.717) is 18.7 Å². The first-order chi connectivity index (χ1) is 20.3. The smallest absolute Gasteiger partial charge is 0.328 e. The van der Waals surface area contributed by atoms with Crippen LogP contribution in [0.5, 0.6) is 0 Å². The Morgan fingerprint density at radius 1 is 0.929 bits per heavy atom. The number of hydrogen-bond donors (Lipinski definition) is 2. The molecule has 1 aromatic heterocycles. The summed E-state index contributed by atoms with van der Waals surface area (Å²) < 4.78 is 20.4. The van der Waals surface area contributed by atoms with Crippen LogP contribution < -0.4 is 16.6 Å². The quantitative estimate of drug-likeness (QED) is 0.156. The number of ketones is 1. The fourth-order valence-electron chi connectivity index (χ4n) is 4.82. The molecular formula is C34H36FN3O4. The van der Waals surface area contributed by atoms with Crippen molar-refractivity contribution in [3.8, 4) is 5.69 Å². The number of nitrogens with two attached hydrogens (primary N) is 1. The van der Waals surface area contributed by atoms with Gasteiger partial charge in [-0.05, 0) is 72.9 Å². The third kappa shape index (κ3) is 7.39. The van der Waals surface area contributed by atoms with E-state index >= 15 is 0 Å². The fraction of sp³-hybridized carbons (Fsp3) is 0.265. The van der Waals surface area contributed by atoms with Gasteiger partial charge >= 0.3 is 5.97 Å². The molecule has 7 nitrogen and oxygen atoms in total. The number of anilines is 1. The molecule has 0 fully saturated rings. The van der Waals surface area contributed by atoms with Crippen molar-refractivity contribution in [2.45, 2.75) is 51.7 Å². The first kappa shape index (κ1) is 30.4. The highest BCUT2D eigenvalue weighted by Gasteiger charge is 2.24. The predicted molar refractivity (Wildman–Crippen MR) is 162 cm³/mol. The Balaban J connectivity index is 1.47. The van der Waals surface area contributed by atoms with Gasteiger partial charge in [-0.1, -0.05) is 62.7 Å². The molecule has 218 valence electrons. The highest BCUT2D eigenvalue weighted by atomic mass is 19.1. The maximum atomic E-state index is 13.3. The number of hydrogen-bond acceptors (Lipinski definition) is 6. The topological polar surface area (TPSA) is 103 Å². The van der Waals surface area contributed by atoms with Crippen LogP contribution in [0.2, 0.25) is 0 Å². The number of nitrogens with one attached hydrogen (secondary N) is 1. The second-order valence-corrected chi connectivity index (χ2v) is 10.1. The predicted octanol–water partition coefficient (Wildman–Crippen LogP) is 5.79. The molecule has 4 aromatic rings. The molecule has 8 heteroatoms. The van der Waals surface area contributed by atoms with Gasteiger partial charge in [-0.25, -0.2) is 9.18 Å².